The molecule has 2 N–H and O–H groups in total. The highest BCUT2D eigenvalue weighted by Crippen LogP contribution is 2.43. The number of aromatic nitrogens is 1. The summed E-state index contributed by atoms with van der Waals surface area (Å²) in [6.45, 7) is 5.14. The Balaban J connectivity index is 1.42. The molecule has 0 saturated carbocycles. The zero-order valence-corrected chi connectivity index (χ0v) is 19.6. The standard InChI is InChI=1S/C24H27ClN2O6/c1-24(2)12-32-21-14(24)11-15(27-22(21)25)17(29)6-5-16(28)13-4-7-18(20(10-13)31-3)33-19-8-9-26-23(19)30/h4,7,10-11,17,19,29H,5-6,8-9,12H2,1-3H3,(H,26,30). The normalized spacial score (nSPS) is 19.4. The van der Waals surface area contributed by atoms with Gasteiger partial charge in [0.2, 0.25) is 0 Å². The Labute approximate surface area is 197 Å². The topological polar surface area (TPSA) is 107 Å². The van der Waals surface area contributed by atoms with Gasteiger partial charge in [0.1, 0.15) is 0 Å². The van der Waals surface area contributed by atoms with Gasteiger partial charge in [-0.05, 0) is 30.7 Å². The molecule has 1 aromatic carbocycles. The van der Waals surface area contributed by atoms with E-state index in [-0.39, 0.29) is 35.1 Å². The third-order valence-electron chi connectivity index (χ3n) is 6.00. The van der Waals surface area contributed by atoms with Crippen LogP contribution < -0.4 is 19.5 Å². The molecule has 2 aliphatic heterocycles. The van der Waals surface area contributed by atoms with E-state index in [1.54, 1.807) is 24.3 Å². The van der Waals surface area contributed by atoms with Crippen LogP contribution in [0.25, 0.3) is 0 Å². The van der Waals surface area contributed by atoms with Crippen LogP contribution in [0.5, 0.6) is 17.2 Å². The van der Waals surface area contributed by atoms with Gasteiger partial charge in [-0.15, -0.1) is 0 Å². The molecule has 33 heavy (non-hydrogen) atoms. The molecule has 2 aliphatic rings. The SMILES string of the molecule is COc1cc(C(=O)CCC(O)c2cc3c(c(Cl)n2)OCC3(C)C)ccc1OC1CCNC1=O. The van der Waals surface area contributed by atoms with Crippen LogP contribution in [0.2, 0.25) is 5.15 Å². The van der Waals surface area contributed by atoms with Crippen molar-refractivity contribution < 1.29 is 28.9 Å². The number of benzene rings is 1. The smallest absolute Gasteiger partial charge is 0.261 e. The number of rotatable bonds is 8. The van der Waals surface area contributed by atoms with Crippen molar-refractivity contribution in [1.29, 1.82) is 0 Å². The average Bonchev–Trinajstić information content (AvgIpc) is 3.34. The van der Waals surface area contributed by atoms with Crippen molar-refractivity contribution in [3.8, 4) is 17.2 Å². The van der Waals surface area contributed by atoms with E-state index in [2.05, 4.69) is 10.3 Å². The summed E-state index contributed by atoms with van der Waals surface area (Å²) in [5.74, 6) is 1.00. The number of hydrogen-bond acceptors (Lipinski definition) is 7. The summed E-state index contributed by atoms with van der Waals surface area (Å²) in [6, 6.07) is 6.64. The Bertz CT molecular complexity index is 1090. The molecule has 0 spiro atoms. The molecule has 2 unspecified atom stereocenters. The van der Waals surface area contributed by atoms with Gasteiger partial charge in [-0.25, -0.2) is 4.98 Å². The fraction of sp³-hybridized carbons (Fsp3) is 0.458. The lowest BCUT2D eigenvalue weighted by molar-refractivity contribution is -0.124. The number of ether oxygens (including phenoxy) is 3. The molecular weight excluding hydrogens is 448 g/mol. The quantitative estimate of drug-likeness (QED) is 0.446. The molecule has 9 heteroatoms. The molecule has 8 nitrogen and oxygen atoms in total. The van der Waals surface area contributed by atoms with Crippen molar-refractivity contribution >= 4 is 23.3 Å². The molecule has 1 saturated heterocycles. The molecule has 1 amide bonds. The maximum atomic E-state index is 12.8. The number of nitrogens with one attached hydrogen (secondary N) is 1. The van der Waals surface area contributed by atoms with Crippen molar-refractivity contribution in [3.63, 3.8) is 0 Å². The van der Waals surface area contributed by atoms with E-state index in [1.807, 2.05) is 13.8 Å². The number of aliphatic hydroxyl groups is 1. The highest BCUT2D eigenvalue weighted by molar-refractivity contribution is 6.31. The van der Waals surface area contributed by atoms with Crippen LogP contribution >= 0.6 is 11.6 Å². The largest absolute Gasteiger partial charge is 0.493 e. The number of carbonyl (C=O) groups excluding carboxylic acids is 2. The highest BCUT2D eigenvalue weighted by Gasteiger charge is 2.35. The summed E-state index contributed by atoms with van der Waals surface area (Å²) in [7, 11) is 1.48. The number of ketones is 1. The lowest BCUT2D eigenvalue weighted by Crippen LogP contribution is -2.27. The predicted molar refractivity (Wildman–Crippen MR) is 121 cm³/mol. The average molecular weight is 475 g/mol. The molecule has 3 heterocycles. The first kappa shape index (κ1) is 23.3. The monoisotopic (exact) mass is 474 g/mol. The van der Waals surface area contributed by atoms with Gasteiger partial charge in [-0.3, -0.25) is 9.59 Å². The second kappa shape index (κ2) is 9.19. The maximum Gasteiger partial charge on any atom is 0.261 e. The second-order valence-corrected chi connectivity index (χ2v) is 9.27. The number of amides is 1. The number of carbonyl (C=O) groups is 2. The number of halogens is 1. The molecular formula is C24H27ClN2O6. The lowest BCUT2D eigenvalue weighted by Gasteiger charge is -2.17. The molecule has 2 atom stereocenters. The van der Waals surface area contributed by atoms with Crippen molar-refractivity contribution in [1.82, 2.24) is 10.3 Å². The van der Waals surface area contributed by atoms with Crippen LogP contribution in [0.15, 0.2) is 24.3 Å². The number of fused-ring (bicyclic) bond motifs is 1. The fourth-order valence-electron chi connectivity index (χ4n) is 4.00. The van der Waals surface area contributed by atoms with Crippen molar-refractivity contribution in [2.45, 2.75) is 50.7 Å². The van der Waals surface area contributed by atoms with Crippen LogP contribution in [0.4, 0.5) is 0 Å². The summed E-state index contributed by atoms with van der Waals surface area (Å²) in [5, 5.41) is 13.6. The van der Waals surface area contributed by atoms with Crippen molar-refractivity contribution in [3.05, 3.63) is 46.2 Å². The van der Waals surface area contributed by atoms with Gasteiger partial charge in [0, 0.05) is 35.9 Å². The third-order valence-corrected chi connectivity index (χ3v) is 6.25. The van der Waals surface area contributed by atoms with Gasteiger partial charge in [-0.2, -0.15) is 0 Å². The zero-order chi connectivity index (χ0) is 23.8. The van der Waals surface area contributed by atoms with E-state index in [0.717, 1.165) is 5.56 Å². The van der Waals surface area contributed by atoms with Crippen molar-refractivity contribution in [2.24, 2.45) is 0 Å². The van der Waals surface area contributed by atoms with Crippen LogP contribution in [0.1, 0.15) is 60.8 Å². The van der Waals surface area contributed by atoms with Gasteiger partial charge < -0.3 is 24.6 Å². The molecule has 0 radical (unpaired) electrons. The van der Waals surface area contributed by atoms with Gasteiger partial charge in [-0.1, -0.05) is 25.4 Å². The highest BCUT2D eigenvalue weighted by atomic mass is 35.5. The van der Waals surface area contributed by atoms with Gasteiger partial charge in [0.05, 0.1) is 25.5 Å². The molecule has 0 bridgehead atoms. The van der Waals surface area contributed by atoms with Crippen LogP contribution in [-0.2, 0) is 10.2 Å². The van der Waals surface area contributed by atoms with Gasteiger partial charge in [0.25, 0.3) is 5.91 Å². The summed E-state index contributed by atoms with van der Waals surface area (Å²) in [5.41, 5.74) is 1.52. The molecule has 1 aromatic heterocycles. The first-order chi connectivity index (χ1) is 15.7. The van der Waals surface area contributed by atoms with E-state index in [9.17, 15) is 14.7 Å². The van der Waals surface area contributed by atoms with Crippen LogP contribution in [0.3, 0.4) is 0 Å². The minimum atomic E-state index is -0.946. The second-order valence-electron chi connectivity index (χ2n) is 8.92. The Morgan fingerprint density at radius 3 is 2.85 bits per heavy atom. The first-order valence-electron chi connectivity index (χ1n) is 10.9. The summed E-state index contributed by atoms with van der Waals surface area (Å²) >= 11 is 6.26. The number of hydrogen-bond donors (Lipinski definition) is 2. The van der Waals surface area contributed by atoms with E-state index < -0.39 is 12.2 Å². The van der Waals surface area contributed by atoms with Crippen LogP contribution in [-0.4, -0.2) is 48.1 Å². The third kappa shape index (κ3) is 4.77. The number of pyridine rings is 1. The molecule has 1 fully saturated rings. The van der Waals surface area contributed by atoms with E-state index in [4.69, 9.17) is 25.8 Å². The molecule has 0 aliphatic carbocycles. The number of Topliss-reactive ketones (excluding diaryl/α,β-unsaturated/α-hetero) is 1. The van der Waals surface area contributed by atoms with E-state index in [1.165, 1.54) is 7.11 Å². The van der Waals surface area contributed by atoms with Gasteiger partial charge >= 0.3 is 0 Å². The number of aliphatic hydroxyl groups excluding tert-OH is 1. The van der Waals surface area contributed by atoms with Crippen molar-refractivity contribution in [2.75, 3.05) is 20.3 Å². The molecule has 2 aromatic rings. The Morgan fingerprint density at radius 1 is 1.36 bits per heavy atom. The van der Waals surface area contributed by atoms with Gasteiger partial charge in [0.15, 0.2) is 34.3 Å². The fourth-order valence-corrected chi connectivity index (χ4v) is 4.25. The Kier molecular flexibility index (Phi) is 6.50. The Hall–Kier alpha value is -2.84. The minimum Gasteiger partial charge on any atom is -0.493 e. The van der Waals surface area contributed by atoms with E-state index in [0.29, 0.717) is 48.1 Å². The number of nitrogens with zero attached hydrogens (tertiary/aromatic N) is 1. The minimum absolute atomic E-state index is 0.103. The summed E-state index contributed by atoms with van der Waals surface area (Å²) < 4.78 is 16.7. The first-order valence-corrected chi connectivity index (χ1v) is 11.2. The Morgan fingerprint density at radius 2 is 2.15 bits per heavy atom. The lowest BCUT2D eigenvalue weighted by atomic mass is 9.86. The van der Waals surface area contributed by atoms with Crippen LogP contribution in [0, 0.1) is 0 Å². The van der Waals surface area contributed by atoms with E-state index >= 15 is 0 Å². The zero-order valence-electron chi connectivity index (χ0n) is 18.8. The summed E-state index contributed by atoms with van der Waals surface area (Å²) in [4.78, 5) is 28.8. The summed E-state index contributed by atoms with van der Waals surface area (Å²) in [6.07, 6.45) is -0.655. The maximum absolute atomic E-state index is 12.8. The predicted octanol–water partition coefficient (Wildman–Crippen LogP) is 3.38. The molecule has 176 valence electrons. The number of methoxy groups -OCH3 is 1. The molecule has 4 rings (SSSR count).